The van der Waals surface area contributed by atoms with Gasteiger partial charge in [0.15, 0.2) is 5.69 Å². The zero-order valence-electron chi connectivity index (χ0n) is 16.2. The Hall–Kier alpha value is -3.08. The van der Waals surface area contributed by atoms with Crippen molar-refractivity contribution in [3.63, 3.8) is 0 Å². The fourth-order valence-corrected chi connectivity index (χ4v) is 3.65. The summed E-state index contributed by atoms with van der Waals surface area (Å²) >= 11 is 0. The van der Waals surface area contributed by atoms with Crippen molar-refractivity contribution in [3.8, 4) is 16.9 Å². The minimum Gasteiger partial charge on any atom is -0.461 e. The smallest absolute Gasteiger partial charge is 0.358 e. The third-order valence-corrected chi connectivity index (χ3v) is 5.08. The number of carbonyl (C=O) groups is 1. The molecule has 0 saturated carbocycles. The molecular weight excluding hydrogens is 350 g/mol. The first kappa shape index (κ1) is 18.3. The van der Waals surface area contributed by atoms with Crippen LogP contribution in [0.5, 0.6) is 0 Å². The van der Waals surface area contributed by atoms with Crippen LogP contribution in [0.15, 0.2) is 60.7 Å². The number of rotatable bonds is 5. The molecule has 0 N–H and O–H groups in total. The monoisotopic (exact) mass is 375 g/mol. The fraction of sp³-hybridized carbons (Fsp3) is 0.304. The molecule has 4 rings (SSSR count). The number of piperidine rings is 1. The maximum atomic E-state index is 12.2. The lowest BCUT2D eigenvalue weighted by atomic mass is 10.1. The lowest BCUT2D eigenvalue weighted by Crippen LogP contribution is -2.29. The van der Waals surface area contributed by atoms with E-state index in [1.165, 1.54) is 24.9 Å². The lowest BCUT2D eigenvalue weighted by Gasteiger charge is -2.28. The van der Waals surface area contributed by atoms with E-state index in [-0.39, 0.29) is 0 Å². The van der Waals surface area contributed by atoms with E-state index >= 15 is 0 Å². The van der Waals surface area contributed by atoms with E-state index in [9.17, 15) is 4.79 Å². The second kappa shape index (κ2) is 8.30. The zero-order valence-corrected chi connectivity index (χ0v) is 16.2. The lowest BCUT2D eigenvalue weighted by molar-refractivity contribution is 0.0519. The quantitative estimate of drug-likeness (QED) is 0.606. The van der Waals surface area contributed by atoms with Gasteiger partial charge in [0, 0.05) is 24.3 Å². The number of carbonyl (C=O) groups excluding carboxylic acids is 1. The van der Waals surface area contributed by atoms with Crippen LogP contribution in [0.4, 0.5) is 5.69 Å². The van der Waals surface area contributed by atoms with Crippen molar-refractivity contribution in [2.24, 2.45) is 0 Å². The van der Waals surface area contributed by atoms with Gasteiger partial charge < -0.3 is 9.64 Å². The molecular formula is C23H25N3O2. The Morgan fingerprint density at radius 3 is 2.36 bits per heavy atom. The Kier molecular flexibility index (Phi) is 5.42. The first-order chi connectivity index (χ1) is 13.8. The Balaban J connectivity index is 1.70. The van der Waals surface area contributed by atoms with Crippen molar-refractivity contribution in [2.75, 3.05) is 24.6 Å². The standard InChI is InChI=1S/C23H25N3O2/c1-2-28-23(27)21-17-22(26(24-21)20-9-5-3-6-10-20)18-11-13-19(14-12-18)25-15-7-4-8-16-25/h3,5-6,9-14,17H,2,4,7-8,15-16H2,1H3. The average molecular weight is 375 g/mol. The number of ether oxygens (including phenoxy) is 1. The molecule has 2 heterocycles. The van der Waals surface area contributed by atoms with Crippen molar-refractivity contribution < 1.29 is 9.53 Å². The van der Waals surface area contributed by atoms with Gasteiger partial charge in [-0.2, -0.15) is 5.10 Å². The van der Waals surface area contributed by atoms with E-state index in [0.29, 0.717) is 12.3 Å². The molecule has 1 saturated heterocycles. The van der Waals surface area contributed by atoms with Crippen LogP contribution in [0.1, 0.15) is 36.7 Å². The summed E-state index contributed by atoms with van der Waals surface area (Å²) < 4.78 is 6.95. The second-order valence-corrected chi connectivity index (χ2v) is 6.98. The minimum atomic E-state index is -0.400. The molecule has 0 radical (unpaired) electrons. The van der Waals surface area contributed by atoms with E-state index in [2.05, 4.69) is 34.3 Å². The number of anilines is 1. The molecule has 1 aromatic heterocycles. The molecule has 5 heteroatoms. The van der Waals surface area contributed by atoms with E-state index in [1.807, 2.05) is 35.0 Å². The van der Waals surface area contributed by atoms with Gasteiger partial charge in [-0.1, -0.05) is 30.3 Å². The molecule has 3 aromatic rings. The molecule has 28 heavy (non-hydrogen) atoms. The topological polar surface area (TPSA) is 47.4 Å². The zero-order chi connectivity index (χ0) is 19.3. The summed E-state index contributed by atoms with van der Waals surface area (Å²) in [6.45, 7) is 4.37. The van der Waals surface area contributed by atoms with Crippen LogP contribution in [-0.2, 0) is 4.74 Å². The third kappa shape index (κ3) is 3.79. The number of para-hydroxylation sites is 1. The Morgan fingerprint density at radius 2 is 1.68 bits per heavy atom. The van der Waals surface area contributed by atoms with E-state index in [0.717, 1.165) is 30.0 Å². The summed E-state index contributed by atoms with van der Waals surface area (Å²) in [7, 11) is 0. The SMILES string of the molecule is CCOC(=O)c1cc(-c2ccc(N3CCCCC3)cc2)n(-c2ccccc2)n1. The van der Waals surface area contributed by atoms with Crippen molar-refractivity contribution in [1.29, 1.82) is 0 Å². The molecule has 144 valence electrons. The van der Waals surface area contributed by atoms with Gasteiger partial charge in [0.05, 0.1) is 18.0 Å². The highest BCUT2D eigenvalue weighted by atomic mass is 16.5. The van der Waals surface area contributed by atoms with Gasteiger partial charge in [-0.3, -0.25) is 0 Å². The van der Waals surface area contributed by atoms with Crippen LogP contribution in [0.2, 0.25) is 0 Å². The van der Waals surface area contributed by atoms with Crippen LogP contribution < -0.4 is 4.90 Å². The highest BCUT2D eigenvalue weighted by Gasteiger charge is 2.18. The largest absolute Gasteiger partial charge is 0.461 e. The molecule has 0 spiro atoms. The number of benzene rings is 2. The third-order valence-electron chi connectivity index (χ3n) is 5.08. The summed E-state index contributed by atoms with van der Waals surface area (Å²) in [5, 5.41) is 4.52. The van der Waals surface area contributed by atoms with Gasteiger partial charge in [0.25, 0.3) is 0 Å². The van der Waals surface area contributed by atoms with Crippen molar-refractivity contribution in [3.05, 3.63) is 66.4 Å². The molecule has 2 aromatic carbocycles. The summed E-state index contributed by atoms with van der Waals surface area (Å²) in [4.78, 5) is 14.7. The summed E-state index contributed by atoms with van der Waals surface area (Å²) in [6.07, 6.45) is 3.83. The predicted molar refractivity (Wildman–Crippen MR) is 111 cm³/mol. The number of esters is 1. The molecule has 0 aliphatic carbocycles. The predicted octanol–water partition coefficient (Wildman–Crippen LogP) is 4.71. The second-order valence-electron chi connectivity index (χ2n) is 6.98. The van der Waals surface area contributed by atoms with Crippen molar-refractivity contribution in [2.45, 2.75) is 26.2 Å². The first-order valence-electron chi connectivity index (χ1n) is 9.94. The molecule has 1 fully saturated rings. The molecule has 0 atom stereocenters. The Morgan fingerprint density at radius 1 is 0.964 bits per heavy atom. The van der Waals surface area contributed by atoms with Crippen LogP contribution in [0.25, 0.3) is 16.9 Å². The van der Waals surface area contributed by atoms with Crippen LogP contribution in [-0.4, -0.2) is 35.4 Å². The molecule has 1 aliphatic rings. The highest BCUT2D eigenvalue weighted by Crippen LogP contribution is 2.28. The maximum Gasteiger partial charge on any atom is 0.358 e. The Bertz CT molecular complexity index is 926. The van der Waals surface area contributed by atoms with Crippen molar-refractivity contribution >= 4 is 11.7 Å². The summed E-state index contributed by atoms with van der Waals surface area (Å²) in [5.74, 6) is -0.400. The van der Waals surface area contributed by atoms with Gasteiger partial charge >= 0.3 is 5.97 Å². The van der Waals surface area contributed by atoms with Crippen LogP contribution >= 0.6 is 0 Å². The van der Waals surface area contributed by atoms with E-state index in [1.54, 1.807) is 13.0 Å². The van der Waals surface area contributed by atoms with Gasteiger partial charge in [0.2, 0.25) is 0 Å². The highest BCUT2D eigenvalue weighted by molar-refractivity contribution is 5.89. The van der Waals surface area contributed by atoms with E-state index in [4.69, 9.17) is 4.74 Å². The number of aromatic nitrogens is 2. The average Bonchev–Trinajstić information content (AvgIpc) is 3.21. The first-order valence-corrected chi connectivity index (χ1v) is 9.94. The minimum absolute atomic E-state index is 0.320. The number of hydrogen-bond donors (Lipinski definition) is 0. The number of hydrogen-bond acceptors (Lipinski definition) is 4. The van der Waals surface area contributed by atoms with E-state index < -0.39 is 5.97 Å². The molecule has 1 aliphatic heterocycles. The fourth-order valence-electron chi connectivity index (χ4n) is 3.65. The summed E-state index contributed by atoms with van der Waals surface area (Å²) in [5.41, 5.74) is 4.38. The van der Waals surface area contributed by atoms with Gasteiger partial charge in [-0.25, -0.2) is 9.48 Å². The van der Waals surface area contributed by atoms with Gasteiger partial charge in [-0.15, -0.1) is 0 Å². The molecule has 5 nitrogen and oxygen atoms in total. The Labute approximate surface area is 165 Å². The maximum absolute atomic E-state index is 12.2. The van der Waals surface area contributed by atoms with Crippen LogP contribution in [0.3, 0.4) is 0 Å². The van der Waals surface area contributed by atoms with Gasteiger partial charge in [0.1, 0.15) is 0 Å². The normalized spacial score (nSPS) is 14.1. The number of nitrogens with zero attached hydrogens (tertiary/aromatic N) is 3. The summed E-state index contributed by atoms with van der Waals surface area (Å²) in [6, 6.07) is 20.2. The van der Waals surface area contributed by atoms with Crippen LogP contribution in [0, 0.1) is 0 Å². The molecule has 0 bridgehead atoms. The van der Waals surface area contributed by atoms with Gasteiger partial charge in [-0.05, 0) is 56.5 Å². The molecule has 0 amide bonds. The molecule has 0 unspecified atom stereocenters. The van der Waals surface area contributed by atoms with Crippen molar-refractivity contribution in [1.82, 2.24) is 9.78 Å².